The summed E-state index contributed by atoms with van der Waals surface area (Å²) in [4.78, 5) is 14.9. The number of aromatic amines is 1. The Hall–Kier alpha value is -3.00. The number of ether oxygens (including phenoxy) is 1. The fourth-order valence-corrected chi connectivity index (χ4v) is 3.64. The van der Waals surface area contributed by atoms with Gasteiger partial charge in [-0.1, -0.05) is 23.9 Å². The van der Waals surface area contributed by atoms with Crippen molar-refractivity contribution in [3.63, 3.8) is 0 Å². The molecule has 0 aliphatic heterocycles. The van der Waals surface area contributed by atoms with Crippen LogP contribution in [0, 0.1) is 0 Å². The molecule has 0 spiro atoms. The van der Waals surface area contributed by atoms with Crippen LogP contribution in [-0.2, 0) is 6.54 Å². The molecule has 4 aromatic rings. The average Bonchev–Trinajstić information content (AvgIpc) is 3.30. The molecule has 4 rings (SSSR count). The van der Waals surface area contributed by atoms with Crippen molar-refractivity contribution in [1.82, 2.24) is 19.7 Å². The van der Waals surface area contributed by atoms with Crippen LogP contribution < -0.4 is 10.4 Å². The molecule has 0 amide bonds. The van der Waals surface area contributed by atoms with Crippen molar-refractivity contribution in [2.45, 2.75) is 25.1 Å². The lowest BCUT2D eigenvalue weighted by Crippen LogP contribution is -2.17. The van der Waals surface area contributed by atoms with E-state index in [1.807, 2.05) is 55.5 Å². The van der Waals surface area contributed by atoms with E-state index in [9.17, 15) is 4.79 Å². The van der Waals surface area contributed by atoms with Crippen molar-refractivity contribution in [3.8, 4) is 17.2 Å². The number of imidazole rings is 1. The van der Waals surface area contributed by atoms with Crippen LogP contribution >= 0.6 is 11.8 Å². The predicted molar refractivity (Wildman–Crippen MR) is 109 cm³/mol. The van der Waals surface area contributed by atoms with E-state index in [2.05, 4.69) is 15.2 Å². The predicted octanol–water partition coefficient (Wildman–Crippen LogP) is 3.96. The lowest BCUT2D eigenvalue weighted by Gasteiger charge is -2.02. The zero-order valence-corrected chi connectivity index (χ0v) is 16.2. The van der Waals surface area contributed by atoms with Crippen LogP contribution in [0.25, 0.3) is 22.5 Å². The van der Waals surface area contributed by atoms with Crippen molar-refractivity contribution in [2.75, 3.05) is 12.4 Å². The zero-order chi connectivity index (χ0) is 19.3. The Bertz CT molecular complexity index is 1110. The Morgan fingerprint density at radius 1 is 1.14 bits per heavy atom. The van der Waals surface area contributed by atoms with E-state index in [0.717, 1.165) is 34.5 Å². The molecule has 0 radical (unpaired) electrons. The van der Waals surface area contributed by atoms with E-state index in [1.165, 1.54) is 11.8 Å². The summed E-state index contributed by atoms with van der Waals surface area (Å²) in [6, 6.07) is 15.3. The first kappa shape index (κ1) is 18.4. The van der Waals surface area contributed by atoms with Gasteiger partial charge in [0, 0.05) is 17.9 Å². The number of benzene rings is 2. The van der Waals surface area contributed by atoms with Gasteiger partial charge in [0.2, 0.25) is 5.89 Å². The van der Waals surface area contributed by atoms with Gasteiger partial charge in [0.05, 0.1) is 17.6 Å². The molecular weight excluding hydrogens is 376 g/mol. The van der Waals surface area contributed by atoms with E-state index >= 15 is 0 Å². The number of aromatic nitrogens is 4. The second-order valence-corrected chi connectivity index (χ2v) is 7.18. The van der Waals surface area contributed by atoms with E-state index in [0.29, 0.717) is 24.3 Å². The van der Waals surface area contributed by atoms with Crippen LogP contribution in [0.15, 0.2) is 63.0 Å². The second-order valence-electron chi connectivity index (χ2n) is 6.13. The molecule has 0 bridgehead atoms. The Kier molecular flexibility index (Phi) is 5.48. The lowest BCUT2D eigenvalue weighted by atomic mass is 10.2. The molecule has 28 heavy (non-hydrogen) atoms. The van der Waals surface area contributed by atoms with Gasteiger partial charge in [-0.05, 0) is 49.7 Å². The maximum atomic E-state index is 12.1. The first-order valence-electron chi connectivity index (χ1n) is 9.11. The van der Waals surface area contributed by atoms with Crippen LogP contribution in [0.4, 0.5) is 0 Å². The average molecular weight is 396 g/mol. The lowest BCUT2D eigenvalue weighted by molar-refractivity contribution is 0.340. The van der Waals surface area contributed by atoms with Crippen LogP contribution in [0.2, 0.25) is 0 Å². The summed E-state index contributed by atoms with van der Waals surface area (Å²) in [5, 5.41) is 8.72. The Morgan fingerprint density at radius 2 is 1.96 bits per heavy atom. The minimum Gasteiger partial charge on any atom is -0.494 e. The number of hydrogen-bond acceptors (Lipinski definition) is 6. The van der Waals surface area contributed by atoms with Crippen molar-refractivity contribution >= 4 is 22.8 Å². The number of hydrogen-bond donors (Lipinski definition) is 1. The van der Waals surface area contributed by atoms with E-state index < -0.39 is 0 Å². The highest BCUT2D eigenvalue weighted by atomic mass is 32.2. The van der Waals surface area contributed by atoms with E-state index in [4.69, 9.17) is 9.15 Å². The minimum atomic E-state index is -0.0817. The van der Waals surface area contributed by atoms with Crippen LogP contribution in [0.1, 0.15) is 13.3 Å². The van der Waals surface area contributed by atoms with Gasteiger partial charge >= 0.3 is 5.69 Å². The number of rotatable bonds is 8. The molecule has 8 heteroatoms. The molecule has 0 atom stereocenters. The number of H-pyrrole nitrogens is 1. The molecule has 0 aliphatic carbocycles. The first-order valence-corrected chi connectivity index (χ1v) is 10.1. The van der Waals surface area contributed by atoms with Crippen molar-refractivity contribution in [1.29, 1.82) is 0 Å². The smallest absolute Gasteiger partial charge is 0.326 e. The summed E-state index contributed by atoms with van der Waals surface area (Å²) in [6.07, 6.45) is 0.813. The maximum Gasteiger partial charge on any atom is 0.326 e. The molecule has 2 heterocycles. The summed E-state index contributed by atoms with van der Waals surface area (Å²) < 4.78 is 12.9. The van der Waals surface area contributed by atoms with Gasteiger partial charge in [-0.25, -0.2) is 4.79 Å². The number of para-hydroxylation sites is 2. The molecule has 2 aromatic heterocycles. The maximum absolute atomic E-state index is 12.1. The number of aryl methyl sites for hydroxylation is 1. The van der Waals surface area contributed by atoms with Gasteiger partial charge in [-0.2, -0.15) is 0 Å². The molecule has 0 aliphatic rings. The van der Waals surface area contributed by atoms with Crippen molar-refractivity contribution in [2.24, 2.45) is 0 Å². The molecular formula is C20H20N4O3S. The molecule has 0 fully saturated rings. The summed E-state index contributed by atoms with van der Waals surface area (Å²) in [5.41, 5.74) is 2.56. The van der Waals surface area contributed by atoms with Gasteiger partial charge < -0.3 is 14.1 Å². The number of nitrogens with zero attached hydrogens (tertiary/aromatic N) is 3. The van der Waals surface area contributed by atoms with Gasteiger partial charge in [0.15, 0.2) is 0 Å². The number of fused-ring (bicyclic) bond motifs is 1. The molecule has 0 saturated carbocycles. The molecule has 1 N–H and O–H groups in total. The van der Waals surface area contributed by atoms with Crippen LogP contribution in [0.3, 0.4) is 0 Å². The van der Waals surface area contributed by atoms with Crippen LogP contribution in [-0.4, -0.2) is 32.1 Å². The van der Waals surface area contributed by atoms with Crippen molar-refractivity contribution in [3.05, 3.63) is 59.0 Å². The Balaban J connectivity index is 1.33. The third-order valence-electron chi connectivity index (χ3n) is 4.25. The first-order chi connectivity index (χ1) is 13.7. The summed E-state index contributed by atoms with van der Waals surface area (Å²) in [5.74, 6) is 2.07. The zero-order valence-electron chi connectivity index (χ0n) is 15.4. The summed E-state index contributed by atoms with van der Waals surface area (Å²) in [6.45, 7) is 3.21. The number of nitrogens with one attached hydrogen (secondary N) is 1. The Morgan fingerprint density at radius 3 is 2.79 bits per heavy atom. The topological polar surface area (TPSA) is 85.9 Å². The monoisotopic (exact) mass is 396 g/mol. The fraction of sp³-hybridized carbons (Fsp3) is 0.250. The quantitative estimate of drug-likeness (QED) is 0.358. The minimum absolute atomic E-state index is 0.0817. The van der Waals surface area contributed by atoms with Gasteiger partial charge in [0.25, 0.3) is 5.22 Å². The number of thioether (sulfide) groups is 1. The third kappa shape index (κ3) is 3.96. The van der Waals surface area contributed by atoms with Crippen molar-refractivity contribution < 1.29 is 9.15 Å². The highest BCUT2D eigenvalue weighted by Crippen LogP contribution is 2.25. The molecule has 2 aromatic carbocycles. The van der Waals surface area contributed by atoms with Gasteiger partial charge in [-0.15, -0.1) is 10.2 Å². The molecule has 0 saturated heterocycles. The summed E-state index contributed by atoms with van der Waals surface area (Å²) >= 11 is 1.49. The molecule has 144 valence electrons. The van der Waals surface area contributed by atoms with Crippen LogP contribution in [0.5, 0.6) is 5.75 Å². The van der Waals surface area contributed by atoms with Gasteiger partial charge in [0.1, 0.15) is 5.75 Å². The fourth-order valence-electron chi connectivity index (χ4n) is 2.96. The van der Waals surface area contributed by atoms with E-state index in [1.54, 1.807) is 4.57 Å². The molecule has 0 unspecified atom stereocenters. The van der Waals surface area contributed by atoms with E-state index in [-0.39, 0.29) is 5.69 Å². The standard InChI is InChI=1S/C20H20N4O3S/c1-2-26-15-10-8-14(9-11-15)18-22-23-20(27-18)28-13-5-12-24-17-7-4-3-6-16(17)21-19(24)25/h3-4,6-11H,2,5,12-13H2,1H3,(H,21,25). The third-order valence-corrected chi connectivity index (χ3v) is 5.16. The largest absolute Gasteiger partial charge is 0.494 e. The highest BCUT2D eigenvalue weighted by Gasteiger charge is 2.10. The summed E-state index contributed by atoms with van der Waals surface area (Å²) in [7, 11) is 0. The SMILES string of the molecule is CCOc1ccc(-c2nnc(SCCCn3c(=O)[nH]c4ccccc43)o2)cc1. The second kappa shape index (κ2) is 8.35. The molecule has 7 nitrogen and oxygen atoms in total. The highest BCUT2D eigenvalue weighted by molar-refractivity contribution is 7.99. The normalized spacial score (nSPS) is 11.2. The Labute approximate surface area is 165 Å². The van der Waals surface area contributed by atoms with Gasteiger partial charge in [-0.3, -0.25) is 4.57 Å².